The van der Waals surface area contributed by atoms with E-state index in [1.54, 1.807) is 31.4 Å². The zero-order chi connectivity index (χ0) is 17.6. The first kappa shape index (κ1) is 20.7. The lowest BCUT2D eigenvalue weighted by atomic mass is 10.0. The molecule has 3 rings (SSSR count). The van der Waals surface area contributed by atoms with Gasteiger partial charge in [-0.1, -0.05) is 0 Å². The minimum atomic E-state index is 0. The highest BCUT2D eigenvalue weighted by atomic mass is 35.5. The molecule has 0 atom stereocenters. The summed E-state index contributed by atoms with van der Waals surface area (Å²) in [5.41, 5.74) is 0.636. The van der Waals surface area contributed by atoms with Crippen LogP contribution in [0.15, 0.2) is 24.3 Å². The number of likely N-dealkylation sites (tertiary alicyclic amines) is 1. The van der Waals surface area contributed by atoms with Crippen LogP contribution in [0.1, 0.15) is 48.9 Å². The van der Waals surface area contributed by atoms with E-state index < -0.39 is 0 Å². The number of piperidine rings is 1. The van der Waals surface area contributed by atoms with Gasteiger partial charge in [-0.25, -0.2) is 0 Å². The largest absolute Gasteiger partial charge is 0.497 e. The Morgan fingerprint density at radius 2 is 1.73 bits per heavy atom. The molecule has 6 heteroatoms. The second-order valence-electron chi connectivity index (χ2n) is 7.16. The third-order valence-corrected chi connectivity index (χ3v) is 5.22. The fraction of sp³-hybridized carbons (Fsp3) is 0.600. The number of carbonyl (C=O) groups is 2. The van der Waals surface area contributed by atoms with Gasteiger partial charge in [-0.15, -0.1) is 12.4 Å². The van der Waals surface area contributed by atoms with Gasteiger partial charge in [-0.3, -0.25) is 9.59 Å². The summed E-state index contributed by atoms with van der Waals surface area (Å²) in [6, 6.07) is 7.60. The van der Waals surface area contributed by atoms with Crippen molar-refractivity contribution in [1.82, 2.24) is 10.2 Å². The molecule has 1 aromatic carbocycles. The Labute approximate surface area is 161 Å². The van der Waals surface area contributed by atoms with Gasteiger partial charge in [-0.2, -0.15) is 0 Å². The van der Waals surface area contributed by atoms with E-state index in [1.165, 1.54) is 12.8 Å². The van der Waals surface area contributed by atoms with Crippen LogP contribution < -0.4 is 10.1 Å². The zero-order valence-electron chi connectivity index (χ0n) is 15.4. The standard InChI is InChI=1S/C20H28N2O3.ClH/c1-25-18-6-4-16(5-7-18)19(23)8-9-20(24)22-12-10-17(11-13-22)21-14-15-2-3-15;/h4-7,15,17,21H,2-3,8-14H2,1H3;1H. The minimum absolute atomic E-state index is 0. The van der Waals surface area contributed by atoms with Crippen LogP contribution in [0.25, 0.3) is 0 Å². The second kappa shape index (κ2) is 9.93. The fourth-order valence-electron chi connectivity index (χ4n) is 3.29. The van der Waals surface area contributed by atoms with Crippen LogP contribution in [-0.4, -0.2) is 49.4 Å². The molecule has 1 saturated heterocycles. The van der Waals surface area contributed by atoms with Crippen LogP contribution in [0.5, 0.6) is 5.75 Å². The smallest absolute Gasteiger partial charge is 0.223 e. The van der Waals surface area contributed by atoms with Crippen LogP contribution in [0.2, 0.25) is 0 Å². The van der Waals surface area contributed by atoms with E-state index in [2.05, 4.69) is 5.32 Å². The van der Waals surface area contributed by atoms with Crippen molar-refractivity contribution >= 4 is 24.1 Å². The van der Waals surface area contributed by atoms with Crippen molar-refractivity contribution in [3.05, 3.63) is 29.8 Å². The number of halogens is 1. The summed E-state index contributed by atoms with van der Waals surface area (Å²) in [5, 5.41) is 3.62. The molecule has 0 unspecified atom stereocenters. The summed E-state index contributed by atoms with van der Waals surface area (Å²) in [7, 11) is 1.60. The maximum absolute atomic E-state index is 12.4. The van der Waals surface area contributed by atoms with Gasteiger partial charge in [0.15, 0.2) is 5.78 Å². The number of amides is 1. The van der Waals surface area contributed by atoms with E-state index in [4.69, 9.17) is 4.74 Å². The molecule has 1 amide bonds. The number of ether oxygens (including phenoxy) is 1. The first-order valence-electron chi connectivity index (χ1n) is 9.34. The Balaban J connectivity index is 0.00000243. The van der Waals surface area contributed by atoms with Crippen molar-refractivity contribution in [2.75, 3.05) is 26.7 Å². The van der Waals surface area contributed by atoms with Gasteiger partial charge < -0.3 is 15.0 Å². The van der Waals surface area contributed by atoms with Gasteiger partial charge in [0.1, 0.15) is 5.75 Å². The molecule has 1 saturated carbocycles. The maximum atomic E-state index is 12.4. The molecule has 26 heavy (non-hydrogen) atoms. The Bertz CT molecular complexity index is 594. The van der Waals surface area contributed by atoms with Crippen LogP contribution in [0.3, 0.4) is 0 Å². The number of rotatable bonds is 8. The van der Waals surface area contributed by atoms with Gasteiger partial charge >= 0.3 is 0 Å². The molecule has 0 spiro atoms. The Morgan fingerprint density at radius 3 is 2.31 bits per heavy atom. The van der Waals surface area contributed by atoms with Crippen molar-refractivity contribution in [3.8, 4) is 5.75 Å². The Kier molecular flexibility index (Phi) is 7.91. The maximum Gasteiger partial charge on any atom is 0.223 e. The predicted octanol–water partition coefficient (Wildman–Crippen LogP) is 3.07. The molecule has 0 radical (unpaired) electrons. The predicted molar refractivity (Wildman–Crippen MR) is 104 cm³/mol. The summed E-state index contributed by atoms with van der Waals surface area (Å²) >= 11 is 0. The van der Waals surface area contributed by atoms with E-state index >= 15 is 0 Å². The first-order valence-corrected chi connectivity index (χ1v) is 9.34. The lowest BCUT2D eigenvalue weighted by molar-refractivity contribution is -0.132. The molecule has 1 aliphatic heterocycles. The molecule has 0 aromatic heterocycles. The van der Waals surface area contributed by atoms with Crippen LogP contribution >= 0.6 is 12.4 Å². The lowest BCUT2D eigenvalue weighted by Gasteiger charge is -2.32. The number of hydrogen-bond acceptors (Lipinski definition) is 4. The van der Waals surface area contributed by atoms with Crippen LogP contribution in [0.4, 0.5) is 0 Å². The van der Waals surface area contributed by atoms with Crippen LogP contribution in [-0.2, 0) is 4.79 Å². The van der Waals surface area contributed by atoms with E-state index in [1.807, 2.05) is 4.90 Å². The minimum Gasteiger partial charge on any atom is -0.497 e. The molecule has 1 aliphatic carbocycles. The van der Waals surface area contributed by atoms with Crippen LogP contribution in [0, 0.1) is 5.92 Å². The summed E-state index contributed by atoms with van der Waals surface area (Å²) in [6.07, 6.45) is 5.34. The van der Waals surface area contributed by atoms with Gasteiger partial charge in [0.05, 0.1) is 7.11 Å². The van der Waals surface area contributed by atoms with E-state index in [0.717, 1.165) is 44.1 Å². The number of carbonyl (C=O) groups excluding carboxylic acids is 2. The summed E-state index contributed by atoms with van der Waals surface area (Å²) in [5.74, 6) is 1.73. The van der Waals surface area contributed by atoms with Crippen molar-refractivity contribution in [3.63, 3.8) is 0 Å². The van der Waals surface area contributed by atoms with Gasteiger partial charge in [0.25, 0.3) is 0 Å². The lowest BCUT2D eigenvalue weighted by Crippen LogP contribution is -2.45. The quantitative estimate of drug-likeness (QED) is 0.704. The third kappa shape index (κ3) is 5.99. The summed E-state index contributed by atoms with van der Waals surface area (Å²) in [6.45, 7) is 2.74. The summed E-state index contributed by atoms with van der Waals surface area (Å²) < 4.78 is 5.09. The monoisotopic (exact) mass is 380 g/mol. The first-order chi connectivity index (χ1) is 12.2. The number of nitrogens with zero attached hydrogens (tertiary/aromatic N) is 1. The van der Waals surface area contributed by atoms with Crippen molar-refractivity contribution in [2.45, 2.75) is 44.6 Å². The Hall–Kier alpha value is -1.59. The average molecular weight is 381 g/mol. The number of Topliss-reactive ketones (excluding diaryl/α,β-unsaturated/α-hetero) is 1. The summed E-state index contributed by atoms with van der Waals surface area (Å²) in [4.78, 5) is 26.5. The molecule has 2 aliphatic rings. The highest BCUT2D eigenvalue weighted by Crippen LogP contribution is 2.28. The normalized spacial score (nSPS) is 17.5. The molecule has 2 fully saturated rings. The molecular formula is C20H29ClN2O3. The topological polar surface area (TPSA) is 58.6 Å². The molecule has 1 heterocycles. The average Bonchev–Trinajstić information content (AvgIpc) is 3.49. The molecule has 144 valence electrons. The highest BCUT2D eigenvalue weighted by molar-refractivity contribution is 5.98. The third-order valence-electron chi connectivity index (χ3n) is 5.22. The number of benzene rings is 1. The fourth-order valence-corrected chi connectivity index (χ4v) is 3.29. The molecular weight excluding hydrogens is 352 g/mol. The number of ketones is 1. The molecule has 0 bridgehead atoms. The van der Waals surface area contributed by atoms with Crippen molar-refractivity contribution in [1.29, 1.82) is 0 Å². The van der Waals surface area contributed by atoms with Gasteiger partial charge in [0.2, 0.25) is 5.91 Å². The van der Waals surface area contributed by atoms with E-state index in [9.17, 15) is 9.59 Å². The molecule has 5 nitrogen and oxygen atoms in total. The van der Waals surface area contributed by atoms with E-state index in [0.29, 0.717) is 18.0 Å². The second-order valence-corrected chi connectivity index (χ2v) is 7.16. The number of hydrogen-bond donors (Lipinski definition) is 1. The number of methoxy groups -OCH3 is 1. The Morgan fingerprint density at radius 1 is 1.08 bits per heavy atom. The van der Waals surface area contributed by atoms with Gasteiger partial charge in [0, 0.05) is 37.5 Å². The highest BCUT2D eigenvalue weighted by Gasteiger charge is 2.26. The van der Waals surface area contributed by atoms with Crippen molar-refractivity contribution < 1.29 is 14.3 Å². The van der Waals surface area contributed by atoms with Crippen molar-refractivity contribution in [2.24, 2.45) is 5.92 Å². The van der Waals surface area contributed by atoms with E-state index in [-0.39, 0.29) is 30.5 Å². The number of nitrogens with one attached hydrogen (secondary N) is 1. The zero-order valence-corrected chi connectivity index (χ0v) is 16.2. The SMILES string of the molecule is COc1ccc(C(=O)CCC(=O)N2CCC(NCC3CC3)CC2)cc1.Cl. The molecule has 1 N–H and O–H groups in total. The van der Waals surface area contributed by atoms with Gasteiger partial charge in [-0.05, 0) is 62.4 Å². The molecule has 1 aromatic rings.